The highest BCUT2D eigenvalue weighted by Gasteiger charge is 2.50. The number of ether oxygens (including phenoxy) is 2. The van der Waals surface area contributed by atoms with E-state index >= 15 is 0 Å². The van der Waals surface area contributed by atoms with Gasteiger partial charge in [-0.05, 0) is 40.8 Å². The summed E-state index contributed by atoms with van der Waals surface area (Å²) in [4.78, 5) is 19.6. The summed E-state index contributed by atoms with van der Waals surface area (Å²) in [5.74, 6) is 0.0194. The van der Waals surface area contributed by atoms with Gasteiger partial charge in [0.15, 0.2) is 0 Å². The Kier molecular flexibility index (Phi) is 5.15. The molecule has 0 spiro atoms. The highest BCUT2D eigenvalue weighted by Crippen LogP contribution is 2.45. The van der Waals surface area contributed by atoms with E-state index in [-0.39, 0.29) is 30.7 Å². The van der Waals surface area contributed by atoms with Gasteiger partial charge in [-0.1, -0.05) is 54.6 Å². The molecule has 2 fully saturated rings. The van der Waals surface area contributed by atoms with Crippen LogP contribution in [0.5, 0.6) is 0 Å². The van der Waals surface area contributed by atoms with Crippen molar-refractivity contribution >= 4 is 6.09 Å². The number of morpholine rings is 1. The van der Waals surface area contributed by atoms with Crippen LogP contribution >= 0.6 is 0 Å². The minimum Gasteiger partial charge on any atom is -0.448 e. The second kappa shape index (κ2) is 8.22. The maximum absolute atomic E-state index is 13.3. The van der Waals surface area contributed by atoms with Crippen LogP contribution in [0.1, 0.15) is 41.1 Å². The molecule has 1 amide bonds. The molecule has 2 aliphatic heterocycles. The molecule has 34 heavy (non-hydrogen) atoms. The minimum atomic E-state index is -1.08. The maximum atomic E-state index is 13.3. The van der Waals surface area contributed by atoms with E-state index in [0.29, 0.717) is 31.7 Å². The number of hydrogen-bond acceptors (Lipinski definition) is 5. The first-order valence-electron chi connectivity index (χ1n) is 11.9. The monoisotopic (exact) mass is 456 g/mol. The Bertz CT molecular complexity index is 1170. The molecule has 174 valence electrons. The van der Waals surface area contributed by atoms with Gasteiger partial charge in [0, 0.05) is 25.0 Å². The number of nitrogens with zero attached hydrogens (tertiary/aromatic N) is 2. The third-order valence-electron chi connectivity index (χ3n) is 7.49. The van der Waals surface area contributed by atoms with Crippen LogP contribution in [0.3, 0.4) is 0 Å². The molecule has 2 atom stereocenters. The largest absolute Gasteiger partial charge is 0.448 e. The van der Waals surface area contributed by atoms with Gasteiger partial charge in [0.2, 0.25) is 0 Å². The Morgan fingerprint density at radius 3 is 2.24 bits per heavy atom. The summed E-state index contributed by atoms with van der Waals surface area (Å²) in [5, 5.41) is 11.5. The molecule has 3 aliphatic rings. The Morgan fingerprint density at radius 2 is 1.65 bits per heavy atom. The van der Waals surface area contributed by atoms with Crippen molar-refractivity contribution in [3.05, 3.63) is 89.2 Å². The van der Waals surface area contributed by atoms with Crippen molar-refractivity contribution in [2.75, 3.05) is 19.8 Å². The van der Waals surface area contributed by atoms with E-state index in [1.54, 1.807) is 11.1 Å². The predicted molar refractivity (Wildman–Crippen MR) is 127 cm³/mol. The summed E-state index contributed by atoms with van der Waals surface area (Å²) in [6, 6.07) is 20.0. The van der Waals surface area contributed by atoms with Crippen molar-refractivity contribution in [2.45, 2.75) is 43.4 Å². The van der Waals surface area contributed by atoms with Crippen LogP contribution in [0.2, 0.25) is 0 Å². The Hall–Kier alpha value is -3.22. The van der Waals surface area contributed by atoms with E-state index in [4.69, 9.17) is 9.47 Å². The molecular weight excluding hydrogens is 428 g/mol. The molecule has 6 heteroatoms. The van der Waals surface area contributed by atoms with Gasteiger partial charge in [0.1, 0.15) is 12.2 Å². The third kappa shape index (κ3) is 3.49. The number of aliphatic hydroxyl groups is 1. The lowest BCUT2D eigenvalue weighted by atomic mass is 9.79. The molecule has 2 unspecified atom stereocenters. The zero-order valence-corrected chi connectivity index (χ0v) is 19.2. The summed E-state index contributed by atoms with van der Waals surface area (Å²) < 4.78 is 11.7. The Labute approximate surface area is 199 Å². The quantitative estimate of drug-likeness (QED) is 0.633. The van der Waals surface area contributed by atoms with Crippen molar-refractivity contribution in [1.29, 1.82) is 0 Å². The number of carbonyl (C=O) groups is 1. The predicted octanol–water partition coefficient (Wildman–Crippen LogP) is 4.39. The fourth-order valence-corrected chi connectivity index (χ4v) is 5.90. The fourth-order valence-electron chi connectivity index (χ4n) is 5.90. The molecule has 3 aromatic rings. The van der Waals surface area contributed by atoms with Crippen molar-refractivity contribution in [2.24, 2.45) is 0 Å². The van der Waals surface area contributed by atoms with Crippen molar-refractivity contribution in [3.63, 3.8) is 0 Å². The van der Waals surface area contributed by atoms with Gasteiger partial charge in [0.25, 0.3) is 0 Å². The first-order valence-corrected chi connectivity index (χ1v) is 11.9. The number of rotatable bonds is 3. The third-order valence-corrected chi connectivity index (χ3v) is 7.49. The molecule has 2 saturated heterocycles. The van der Waals surface area contributed by atoms with Crippen LogP contribution < -0.4 is 0 Å². The second-order valence-corrected chi connectivity index (χ2v) is 9.72. The highest BCUT2D eigenvalue weighted by molar-refractivity contribution is 5.79. The van der Waals surface area contributed by atoms with Crippen LogP contribution in [-0.4, -0.2) is 53.0 Å². The van der Waals surface area contributed by atoms with Crippen molar-refractivity contribution < 1.29 is 19.4 Å². The molecule has 0 saturated carbocycles. The first kappa shape index (κ1) is 21.3. The van der Waals surface area contributed by atoms with E-state index in [1.807, 2.05) is 43.3 Å². The van der Waals surface area contributed by atoms with Gasteiger partial charge in [-0.3, -0.25) is 9.88 Å². The number of carbonyl (C=O) groups excluding carboxylic acids is 1. The molecule has 0 radical (unpaired) electrons. The molecule has 6 rings (SSSR count). The summed E-state index contributed by atoms with van der Waals surface area (Å²) >= 11 is 0. The lowest BCUT2D eigenvalue weighted by molar-refractivity contribution is -0.137. The average Bonchev–Trinajstić information content (AvgIpc) is 3.16. The van der Waals surface area contributed by atoms with Gasteiger partial charge in [-0.2, -0.15) is 0 Å². The number of amides is 1. The number of aryl methyl sites for hydroxylation is 1. The van der Waals surface area contributed by atoms with E-state index in [9.17, 15) is 9.90 Å². The van der Waals surface area contributed by atoms with E-state index in [1.165, 1.54) is 22.3 Å². The lowest BCUT2D eigenvalue weighted by Crippen LogP contribution is -2.62. The average molecular weight is 457 g/mol. The summed E-state index contributed by atoms with van der Waals surface area (Å²) in [5.41, 5.74) is 5.43. The van der Waals surface area contributed by atoms with Gasteiger partial charge in [0.05, 0.1) is 31.0 Å². The maximum Gasteiger partial charge on any atom is 0.410 e. The normalized spacial score (nSPS) is 25.5. The number of hydrogen-bond donors (Lipinski definition) is 1. The van der Waals surface area contributed by atoms with Crippen LogP contribution in [-0.2, 0) is 15.1 Å². The van der Waals surface area contributed by atoms with E-state index in [2.05, 4.69) is 29.2 Å². The van der Waals surface area contributed by atoms with Crippen molar-refractivity contribution in [1.82, 2.24) is 9.88 Å². The molecule has 2 bridgehead atoms. The van der Waals surface area contributed by atoms with E-state index in [0.717, 1.165) is 5.56 Å². The van der Waals surface area contributed by atoms with Crippen LogP contribution in [0, 0.1) is 6.92 Å². The standard InChI is InChI=1S/C28H28N2O4/c1-18-10-11-26(29-14-18)28(32)12-19-15-33-16-20(13-28)30(19)27(31)34-17-25-23-8-4-2-6-21(23)22-7-3-5-9-24(22)25/h2-11,14,19-20,25,32H,12-13,15-17H2,1H3. The zero-order chi connectivity index (χ0) is 23.3. The molecule has 1 N–H and O–H groups in total. The zero-order valence-electron chi connectivity index (χ0n) is 19.2. The first-order chi connectivity index (χ1) is 16.5. The van der Waals surface area contributed by atoms with Crippen LogP contribution in [0.25, 0.3) is 11.1 Å². The fraction of sp³-hybridized carbons (Fsp3) is 0.357. The summed E-state index contributed by atoms with van der Waals surface area (Å²) in [7, 11) is 0. The molecule has 6 nitrogen and oxygen atoms in total. The van der Waals surface area contributed by atoms with Gasteiger partial charge in [-0.25, -0.2) is 4.79 Å². The number of benzene rings is 2. The number of aromatic nitrogens is 1. The minimum absolute atomic E-state index is 0.0194. The Morgan fingerprint density at radius 1 is 1.03 bits per heavy atom. The Balaban J connectivity index is 1.20. The van der Waals surface area contributed by atoms with E-state index < -0.39 is 5.60 Å². The molecule has 3 heterocycles. The number of fused-ring (bicyclic) bond motifs is 5. The highest BCUT2D eigenvalue weighted by atomic mass is 16.6. The summed E-state index contributed by atoms with van der Waals surface area (Å²) in [6.45, 7) is 3.03. The molecule has 2 aromatic carbocycles. The number of pyridine rings is 1. The molecule has 1 aliphatic carbocycles. The number of piperidine rings is 1. The molecular formula is C28H28N2O4. The lowest BCUT2D eigenvalue weighted by Gasteiger charge is -2.50. The summed E-state index contributed by atoms with van der Waals surface area (Å²) in [6.07, 6.45) is 2.20. The topological polar surface area (TPSA) is 71.9 Å². The smallest absolute Gasteiger partial charge is 0.410 e. The second-order valence-electron chi connectivity index (χ2n) is 9.72. The van der Waals surface area contributed by atoms with Gasteiger partial charge < -0.3 is 14.6 Å². The molecule has 1 aromatic heterocycles. The van der Waals surface area contributed by atoms with Crippen molar-refractivity contribution in [3.8, 4) is 11.1 Å². The van der Waals surface area contributed by atoms with Gasteiger partial charge >= 0.3 is 6.09 Å². The van der Waals surface area contributed by atoms with Crippen LogP contribution in [0.15, 0.2) is 66.9 Å². The SMILES string of the molecule is Cc1ccc(C2(O)CC3COCC(C2)N3C(=O)OCC2c3ccccc3-c3ccccc32)nc1. The van der Waals surface area contributed by atoms with Crippen LogP contribution in [0.4, 0.5) is 4.79 Å². The van der Waals surface area contributed by atoms with Gasteiger partial charge in [-0.15, -0.1) is 0 Å².